The molecule has 0 spiro atoms. The van der Waals surface area contributed by atoms with Crippen molar-refractivity contribution in [2.45, 2.75) is 27.2 Å². The van der Waals surface area contributed by atoms with Gasteiger partial charge in [0.25, 0.3) is 0 Å². The Morgan fingerprint density at radius 1 is 0.741 bits per heavy atom. The van der Waals surface area contributed by atoms with Gasteiger partial charge in [-0.2, -0.15) is 0 Å². The second-order valence-corrected chi connectivity index (χ2v) is 5.97. The third kappa shape index (κ3) is 3.92. The Morgan fingerprint density at radius 2 is 1.26 bits per heavy atom. The second kappa shape index (κ2) is 7.91. The molecule has 0 bridgehead atoms. The van der Waals surface area contributed by atoms with Crippen LogP contribution in [-0.4, -0.2) is 11.9 Å². The Bertz CT molecular complexity index is 993. The summed E-state index contributed by atoms with van der Waals surface area (Å²) in [5.74, 6) is 0.803. The summed E-state index contributed by atoms with van der Waals surface area (Å²) in [6, 6.07) is 16.5. The maximum Gasteiger partial charge on any atom is 0.308 e. The summed E-state index contributed by atoms with van der Waals surface area (Å²) in [6.45, 7) is 4.62. The largest absolute Gasteiger partial charge is 0.453 e. The van der Waals surface area contributed by atoms with Crippen molar-refractivity contribution in [3.05, 3.63) is 60.2 Å². The van der Waals surface area contributed by atoms with Crippen molar-refractivity contribution in [2.24, 2.45) is 0 Å². The first-order valence-corrected chi connectivity index (χ1v) is 8.68. The van der Waals surface area contributed by atoms with Crippen LogP contribution in [0.5, 0.6) is 23.0 Å². The van der Waals surface area contributed by atoms with E-state index in [1.807, 2.05) is 43.3 Å². The number of esters is 2. The van der Waals surface area contributed by atoms with E-state index in [1.54, 1.807) is 18.2 Å². The highest BCUT2D eigenvalue weighted by Gasteiger charge is 2.24. The predicted molar refractivity (Wildman–Crippen MR) is 102 cm³/mol. The minimum Gasteiger partial charge on any atom is -0.453 e. The molecule has 27 heavy (non-hydrogen) atoms. The first-order valence-electron chi connectivity index (χ1n) is 8.68. The SMILES string of the molecule is CCc1c(Oc2ccccc2)c(OC(C)=O)c2ccccc2c1OC(C)=O. The summed E-state index contributed by atoms with van der Waals surface area (Å²) < 4.78 is 17.2. The fourth-order valence-corrected chi connectivity index (χ4v) is 2.94. The zero-order valence-electron chi connectivity index (χ0n) is 15.4. The number of hydrogen-bond donors (Lipinski definition) is 0. The summed E-state index contributed by atoms with van der Waals surface area (Å²) in [7, 11) is 0. The molecular weight excluding hydrogens is 344 g/mol. The highest BCUT2D eigenvalue weighted by molar-refractivity contribution is 5.99. The lowest BCUT2D eigenvalue weighted by atomic mass is 10.0. The zero-order valence-corrected chi connectivity index (χ0v) is 15.4. The van der Waals surface area contributed by atoms with Gasteiger partial charge in [-0.3, -0.25) is 9.59 Å². The van der Waals surface area contributed by atoms with Gasteiger partial charge in [-0.05, 0) is 18.6 Å². The number of hydrogen-bond acceptors (Lipinski definition) is 5. The van der Waals surface area contributed by atoms with Crippen molar-refractivity contribution in [1.29, 1.82) is 0 Å². The van der Waals surface area contributed by atoms with Crippen LogP contribution in [0.3, 0.4) is 0 Å². The lowest BCUT2D eigenvalue weighted by Crippen LogP contribution is -2.09. The monoisotopic (exact) mass is 364 g/mol. The predicted octanol–water partition coefficient (Wildman–Crippen LogP) is 5.05. The normalized spacial score (nSPS) is 10.5. The van der Waals surface area contributed by atoms with Crippen LogP contribution in [0.2, 0.25) is 0 Å². The molecule has 0 unspecified atom stereocenters. The van der Waals surface area contributed by atoms with Crippen molar-refractivity contribution in [2.75, 3.05) is 0 Å². The minimum absolute atomic E-state index is 0.315. The maximum atomic E-state index is 11.8. The first kappa shape index (κ1) is 18.5. The highest BCUT2D eigenvalue weighted by atomic mass is 16.6. The van der Waals surface area contributed by atoms with E-state index in [4.69, 9.17) is 14.2 Å². The smallest absolute Gasteiger partial charge is 0.308 e. The van der Waals surface area contributed by atoms with Crippen molar-refractivity contribution < 1.29 is 23.8 Å². The van der Waals surface area contributed by atoms with Crippen LogP contribution < -0.4 is 14.2 Å². The molecular formula is C22H20O5. The van der Waals surface area contributed by atoms with Gasteiger partial charge < -0.3 is 14.2 Å². The number of carbonyl (C=O) groups is 2. The highest BCUT2D eigenvalue weighted by Crippen LogP contribution is 2.47. The van der Waals surface area contributed by atoms with E-state index in [0.29, 0.717) is 45.8 Å². The third-order valence-electron chi connectivity index (χ3n) is 3.98. The van der Waals surface area contributed by atoms with Gasteiger partial charge in [0, 0.05) is 30.2 Å². The van der Waals surface area contributed by atoms with Crippen LogP contribution in [0, 0.1) is 0 Å². The standard InChI is InChI=1S/C22H20O5/c1-4-17-20(25-14(2)23)18-12-8-9-13-19(18)22(26-15(3)24)21(17)27-16-10-6-5-7-11-16/h5-13H,4H2,1-3H3. The Labute approximate surface area is 157 Å². The van der Waals surface area contributed by atoms with Crippen LogP contribution in [-0.2, 0) is 16.0 Å². The summed E-state index contributed by atoms with van der Waals surface area (Å²) in [5, 5.41) is 1.31. The van der Waals surface area contributed by atoms with Crippen LogP contribution in [0.4, 0.5) is 0 Å². The molecule has 3 aromatic carbocycles. The van der Waals surface area contributed by atoms with Gasteiger partial charge >= 0.3 is 11.9 Å². The average molecular weight is 364 g/mol. The number of ether oxygens (including phenoxy) is 3. The maximum absolute atomic E-state index is 11.8. The van der Waals surface area contributed by atoms with Crippen molar-refractivity contribution in [3.63, 3.8) is 0 Å². The molecule has 5 nitrogen and oxygen atoms in total. The number of fused-ring (bicyclic) bond motifs is 1. The summed E-state index contributed by atoms with van der Waals surface area (Å²) in [5.41, 5.74) is 0.656. The van der Waals surface area contributed by atoms with Gasteiger partial charge in [-0.1, -0.05) is 49.4 Å². The molecule has 0 aliphatic rings. The average Bonchev–Trinajstić information content (AvgIpc) is 2.65. The Kier molecular flexibility index (Phi) is 5.41. The van der Waals surface area contributed by atoms with Gasteiger partial charge in [0.2, 0.25) is 0 Å². The van der Waals surface area contributed by atoms with Gasteiger partial charge in [0.05, 0.1) is 0 Å². The molecule has 0 N–H and O–H groups in total. The molecule has 3 rings (SSSR count). The topological polar surface area (TPSA) is 61.8 Å². The van der Waals surface area contributed by atoms with Gasteiger partial charge in [-0.25, -0.2) is 0 Å². The molecule has 0 heterocycles. The van der Waals surface area contributed by atoms with Gasteiger partial charge in [0.15, 0.2) is 11.5 Å². The van der Waals surface area contributed by atoms with Crippen LogP contribution in [0.1, 0.15) is 26.3 Å². The number of para-hydroxylation sites is 1. The molecule has 0 atom stereocenters. The molecule has 0 aliphatic heterocycles. The molecule has 0 amide bonds. The van der Waals surface area contributed by atoms with E-state index in [0.717, 1.165) is 0 Å². The first-order chi connectivity index (χ1) is 13.0. The molecule has 0 aromatic heterocycles. The molecule has 3 aromatic rings. The molecule has 0 fully saturated rings. The molecule has 0 aliphatic carbocycles. The lowest BCUT2D eigenvalue weighted by molar-refractivity contribution is -0.133. The second-order valence-electron chi connectivity index (χ2n) is 5.97. The van der Waals surface area contributed by atoms with Crippen LogP contribution in [0.15, 0.2) is 54.6 Å². The van der Waals surface area contributed by atoms with E-state index < -0.39 is 11.9 Å². The van der Waals surface area contributed by atoms with E-state index in [-0.39, 0.29) is 0 Å². The van der Waals surface area contributed by atoms with Crippen LogP contribution >= 0.6 is 0 Å². The van der Waals surface area contributed by atoms with Crippen molar-refractivity contribution in [1.82, 2.24) is 0 Å². The number of rotatable bonds is 5. The van der Waals surface area contributed by atoms with E-state index >= 15 is 0 Å². The zero-order chi connectivity index (χ0) is 19.4. The van der Waals surface area contributed by atoms with Gasteiger partial charge in [-0.15, -0.1) is 0 Å². The summed E-state index contributed by atoms with van der Waals surface area (Å²) in [6.07, 6.45) is 0.518. The van der Waals surface area contributed by atoms with E-state index in [9.17, 15) is 9.59 Å². The number of benzene rings is 3. The Morgan fingerprint density at radius 3 is 1.81 bits per heavy atom. The van der Waals surface area contributed by atoms with E-state index in [1.165, 1.54) is 13.8 Å². The molecule has 138 valence electrons. The Balaban J connectivity index is 2.34. The third-order valence-corrected chi connectivity index (χ3v) is 3.98. The van der Waals surface area contributed by atoms with E-state index in [2.05, 4.69) is 0 Å². The molecule has 0 radical (unpaired) electrons. The fourth-order valence-electron chi connectivity index (χ4n) is 2.94. The fraction of sp³-hybridized carbons (Fsp3) is 0.182. The molecule has 5 heteroatoms. The Hall–Kier alpha value is -3.34. The van der Waals surface area contributed by atoms with Gasteiger partial charge in [0.1, 0.15) is 11.5 Å². The van der Waals surface area contributed by atoms with Crippen molar-refractivity contribution >= 4 is 22.7 Å². The number of carbonyl (C=O) groups excluding carboxylic acids is 2. The summed E-state index contributed by atoms with van der Waals surface area (Å²) >= 11 is 0. The molecule has 0 saturated heterocycles. The van der Waals surface area contributed by atoms with Crippen molar-refractivity contribution in [3.8, 4) is 23.0 Å². The van der Waals surface area contributed by atoms with Crippen LogP contribution in [0.25, 0.3) is 10.8 Å². The summed E-state index contributed by atoms with van der Waals surface area (Å²) in [4.78, 5) is 23.5. The minimum atomic E-state index is -0.458. The lowest BCUT2D eigenvalue weighted by Gasteiger charge is -2.20. The molecule has 0 saturated carbocycles. The quantitative estimate of drug-likeness (QED) is 0.468.